The van der Waals surface area contributed by atoms with Gasteiger partial charge in [-0.3, -0.25) is 0 Å². The highest BCUT2D eigenvalue weighted by molar-refractivity contribution is 4.87. The van der Waals surface area contributed by atoms with Gasteiger partial charge in [-0.1, -0.05) is 6.42 Å². The Kier molecular flexibility index (Phi) is 2.70. The molecule has 0 aromatic rings. The summed E-state index contributed by atoms with van der Waals surface area (Å²) in [6, 6.07) is 2.26. The minimum atomic E-state index is 0.214. The summed E-state index contributed by atoms with van der Waals surface area (Å²) >= 11 is 0. The predicted molar refractivity (Wildman–Crippen MR) is 38.1 cm³/mol. The van der Waals surface area contributed by atoms with Gasteiger partial charge in [-0.25, -0.2) is 0 Å². The van der Waals surface area contributed by atoms with Crippen molar-refractivity contribution in [3.63, 3.8) is 0 Å². The molecule has 0 heterocycles. The molecule has 56 valence electrons. The van der Waals surface area contributed by atoms with Crippen molar-refractivity contribution in [2.24, 2.45) is 11.8 Å². The summed E-state index contributed by atoms with van der Waals surface area (Å²) in [4.78, 5) is 0. The molecule has 2 nitrogen and oxygen atoms in total. The highest BCUT2D eigenvalue weighted by atomic mass is 16.3. The van der Waals surface area contributed by atoms with E-state index >= 15 is 0 Å². The highest BCUT2D eigenvalue weighted by Gasteiger charge is 2.20. The number of nitrogens with zero attached hydrogens (tertiary/aromatic N) is 1. The third kappa shape index (κ3) is 1.71. The lowest BCUT2D eigenvalue weighted by Crippen LogP contribution is -2.16. The van der Waals surface area contributed by atoms with Gasteiger partial charge in [0.2, 0.25) is 0 Å². The minimum Gasteiger partial charge on any atom is -0.396 e. The van der Waals surface area contributed by atoms with Gasteiger partial charge in [0.25, 0.3) is 0 Å². The van der Waals surface area contributed by atoms with Crippen molar-refractivity contribution in [3.05, 3.63) is 0 Å². The number of aliphatic hydroxyl groups is 1. The number of aliphatic hydroxyl groups excluding tert-OH is 1. The third-order valence-corrected chi connectivity index (χ3v) is 2.22. The van der Waals surface area contributed by atoms with Gasteiger partial charge in [0.1, 0.15) is 0 Å². The van der Waals surface area contributed by atoms with E-state index in [0.717, 1.165) is 25.7 Å². The number of nitriles is 1. The lowest BCUT2D eigenvalue weighted by molar-refractivity contribution is 0.175. The van der Waals surface area contributed by atoms with Crippen LogP contribution in [0.5, 0.6) is 0 Å². The van der Waals surface area contributed by atoms with Crippen molar-refractivity contribution in [2.45, 2.75) is 25.7 Å². The zero-order valence-electron chi connectivity index (χ0n) is 6.08. The number of hydrogen-bond acceptors (Lipinski definition) is 2. The van der Waals surface area contributed by atoms with Crippen LogP contribution in [0.1, 0.15) is 25.7 Å². The van der Waals surface area contributed by atoms with Gasteiger partial charge in [0.15, 0.2) is 0 Å². The first-order valence-corrected chi connectivity index (χ1v) is 3.87. The van der Waals surface area contributed by atoms with Gasteiger partial charge in [-0.05, 0) is 25.2 Å². The maximum absolute atomic E-state index is 8.79. The van der Waals surface area contributed by atoms with Gasteiger partial charge in [-0.2, -0.15) is 5.26 Å². The molecule has 1 N–H and O–H groups in total. The molecular weight excluding hydrogens is 126 g/mol. The smallest absolute Gasteiger partial charge is 0.0655 e. The molecule has 0 spiro atoms. The first kappa shape index (κ1) is 7.56. The Morgan fingerprint density at radius 2 is 2.30 bits per heavy atom. The van der Waals surface area contributed by atoms with Crippen molar-refractivity contribution in [1.29, 1.82) is 5.26 Å². The van der Waals surface area contributed by atoms with E-state index in [4.69, 9.17) is 10.4 Å². The molecule has 0 aliphatic heterocycles. The summed E-state index contributed by atoms with van der Waals surface area (Å²) in [5.74, 6) is 0.615. The van der Waals surface area contributed by atoms with Gasteiger partial charge in [0, 0.05) is 12.5 Å². The summed E-state index contributed by atoms with van der Waals surface area (Å²) in [5.41, 5.74) is 0. The molecule has 0 saturated heterocycles. The zero-order valence-corrected chi connectivity index (χ0v) is 6.08. The molecule has 0 unspecified atom stereocenters. The first-order valence-electron chi connectivity index (χ1n) is 3.87. The molecule has 2 atom stereocenters. The molecule has 0 aromatic carbocycles. The molecule has 1 saturated carbocycles. The van der Waals surface area contributed by atoms with E-state index in [1.165, 1.54) is 0 Å². The Labute approximate surface area is 61.5 Å². The summed E-state index contributed by atoms with van der Waals surface area (Å²) in [6.45, 7) is 0.262. The Morgan fingerprint density at radius 3 is 2.90 bits per heavy atom. The van der Waals surface area contributed by atoms with Crippen LogP contribution in [0.25, 0.3) is 0 Å². The first-order chi connectivity index (χ1) is 4.86. The van der Waals surface area contributed by atoms with Gasteiger partial charge in [0.05, 0.1) is 6.07 Å². The lowest BCUT2D eigenvalue weighted by Gasteiger charge is -2.22. The molecule has 0 bridgehead atoms. The van der Waals surface area contributed by atoms with Crippen LogP contribution in [0.4, 0.5) is 0 Å². The SMILES string of the molecule is N#C[C@@H]1CCC[C@H](CO)C1. The summed E-state index contributed by atoms with van der Waals surface area (Å²) < 4.78 is 0. The normalized spacial score (nSPS) is 33.2. The van der Waals surface area contributed by atoms with E-state index < -0.39 is 0 Å². The Hall–Kier alpha value is -0.550. The Morgan fingerprint density at radius 1 is 1.50 bits per heavy atom. The Bertz CT molecular complexity index is 139. The van der Waals surface area contributed by atoms with Crippen molar-refractivity contribution in [3.8, 4) is 6.07 Å². The molecular formula is C8H13NO. The molecule has 1 fully saturated rings. The van der Waals surface area contributed by atoms with Crippen LogP contribution in [0.2, 0.25) is 0 Å². The maximum atomic E-state index is 8.79. The minimum absolute atomic E-state index is 0.214. The van der Waals surface area contributed by atoms with Gasteiger partial charge < -0.3 is 5.11 Å². The van der Waals surface area contributed by atoms with E-state index in [9.17, 15) is 0 Å². The fourth-order valence-electron chi connectivity index (χ4n) is 1.57. The van der Waals surface area contributed by atoms with Crippen LogP contribution >= 0.6 is 0 Å². The molecule has 10 heavy (non-hydrogen) atoms. The van der Waals surface area contributed by atoms with E-state index in [1.807, 2.05) is 0 Å². The third-order valence-electron chi connectivity index (χ3n) is 2.22. The molecule has 0 aromatic heterocycles. The molecule has 2 heteroatoms. The monoisotopic (exact) mass is 139 g/mol. The second-order valence-electron chi connectivity index (χ2n) is 3.04. The lowest BCUT2D eigenvalue weighted by atomic mass is 9.83. The topological polar surface area (TPSA) is 44.0 Å². The fraction of sp³-hybridized carbons (Fsp3) is 0.875. The van der Waals surface area contributed by atoms with Crippen molar-refractivity contribution < 1.29 is 5.11 Å². The number of hydrogen-bond donors (Lipinski definition) is 1. The molecule has 0 radical (unpaired) electrons. The average Bonchev–Trinajstić information content (AvgIpc) is 2.05. The predicted octanol–water partition coefficient (Wildman–Crippen LogP) is 1.31. The van der Waals surface area contributed by atoms with E-state index in [-0.39, 0.29) is 12.5 Å². The Balaban J connectivity index is 2.33. The average molecular weight is 139 g/mol. The van der Waals surface area contributed by atoms with Crippen LogP contribution in [0.3, 0.4) is 0 Å². The van der Waals surface area contributed by atoms with Crippen LogP contribution in [-0.2, 0) is 0 Å². The zero-order chi connectivity index (χ0) is 7.40. The summed E-state index contributed by atoms with van der Waals surface area (Å²) in [7, 11) is 0. The molecule has 1 aliphatic rings. The molecule has 0 amide bonds. The fourth-order valence-corrected chi connectivity index (χ4v) is 1.57. The molecule has 1 aliphatic carbocycles. The molecule has 1 rings (SSSR count). The van der Waals surface area contributed by atoms with E-state index in [2.05, 4.69) is 6.07 Å². The van der Waals surface area contributed by atoms with Crippen molar-refractivity contribution in [2.75, 3.05) is 6.61 Å². The highest BCUT2D eigenvalue weighted by Crippen LogP contribution is 2.27. The standard InChI is InChI=1S/C8H13NO/c9-5-7-2-1-3-8(4-7)6-10/h7-8,10H,1-4,6H2/t7-,8+/m1/s1. The van der Waals surface area contributed by atoms with Crippen molar-refractivity contribution >= 4 is 0 Å². The van der Waals surface area contributed by atoms with Crippen LogP contribution < -0.4 is 0 Å². The van der Waals surface area contributed by atoms with Crippen molar-refractivity contribution in [1.82, 2.24) is 0 Å². The quantitative estimate of drug-likeness (QED) is 0.595. The maximum Gasteiger partial charge on any atom is 0.0655 e. The summed E-state index contributed by atoms with van der Waals surface area (Å²) in [6.07, 6.45) is 4.16. The summed E-state index contributed by atoms with van der Waals surface area (Å²) in [5, 5.41) is 17.4. The van der Waals surface area contributed by atoms with E-state index in [0.29, 0.717) is 5.92 Å². The number of rotatable bonds is 1. The van der Waals surface area contributed by atoms with Gasteiger partial charge in [-0.15, -0.1) is 0 Å². The van der Waals surface area contributed by atoms with E-state index in [1.54, 1.807) is 0 Å². The van der Waals surface area contributed by atoms with Crippen LogP contribution in [0, 0.1) is 23.2 Å². The van der Waals surface area contributed by atoms with Crippen LogP contribution in [-0.4, -0.2) is 11.7 Å². The van der Waals surface area contributed by atoms with Gasteiger partial charge >= 0.3 is 0 Å². The largest absolute Gasteiger partial charge is 0.396 e. The second kappa shape index (κ2) is 3.58. The second-order valence-corrected chi connectivity index (χ2v) is 3.04. The van der Waals surface area contributed by atoms with Crippen LogP contribution in [0.15, 0.2) is 0 Å².